The van der Waals surface area contributed by atoms with Crippen LogP contribution < -0.4 is 15.8 Å². The number of nitrogens with one attached hydrogen (secondary N) is 1. The topological polar surface area (TPSA) is 94.6 Å². The molecule has 0 saturated carbocycles. The van der Waals surface area contributed by atoms with Crippen molar-refractivity contribution in [3.8, 4) is 5.75 Å². The zero-order chi connectivity index (χ0) is 15.2. The Morgan fingerprint density at radius 3 is 2.57 bits per heavy atom. The molecule has 0 radical (unpaired) electrons. The highest BCUT2D eigenvalue weighted by Crippen LogP contribution is 2.13. The average Bonchev–Trinajstić information content (AvgIpc) is 3.00. The maximum Gasteiger partial charge on any atom is 0.258 e. The molecule has 2 rings (SSSR count). The Hall–Kier alpha value is -2.76. The van der Waals surface area contributed by atoms with Gasteiger partial charge in [-0.25, -0.2) is 0 Å². The number of amides is 2. The monoisotopic (exact) mass is 288 g/mol. The van der Waals surface area contributed by atoms with Crippen LogP contribution in [0.1, 0.15) is 29.1 Å². The molecule has 0 aliphatic rings. The van der Waals surface area contributed by atoms with Gasteiger partial charge in [-0.15, -0.1) is 0 Å². The number of benzene rings is 1. The summed E-state index contributed by atoms with van der Waals surface area (Å²) in [5.74, 6) is 0.388. The number of rotatable bonds is 6. The van der Waals surface area contributed by atoms with Crippen LogP contribution in [-0.4, -0.2) is 18.4 Å². The van der Waals surface area contributed by atoms with Crippen molar-refractivity contribution in [2.75, 3.05) is 6.61 Å². The summed E-state index contributed by atoms with van der Waals surface area (Å²) in [7, 11) is 0. The number of nitrogens with two attached hydrogens (primary N) is 1. The van der Waals surface area contributed by atoms with Crippen LogP contribution >= 0.6 is 0 Å². The molecule has 1 aromatic carbocycles. The highest BCUT2D eigenvalue weighted by molar-refractivity contribution is 5.92. The first-order valence-corrected chi connectivity index (χ1v) is 6.41. The largest absolute Gasteiger partial charge is 0.484 e. The van der Waals surface area contributed by atoms with Gasteiger partial charge in [0.25, 0.3) is 5.91 Å². The van der Waals surface area contributed by atoms with Crippen LogP contribution in [0.2, 0.25) is 0 Å². The lowest BCUT2D eigenvalue weighted by molar-refractivity contribution is -0.123. The van der Waals surface area contributed by atoms with E-state index < -0.39 is 5.91 Å². The second-order valence-corrected chi connectivity index (χ2v) is 4.48. The maximum absolute atomic E-state index is 11.7. The van der Waals surface area contributed by atoms with Gasteiger partial charge in [0.2, 0.25) is 5.91 Å². The van der Waals surface area contributed by atoms with Gasteiger partial charge in [-0.2, -0.15) is 0 Å². The van der Waals surface area contributed by atoms with Crippen LogP contribution in [-0.2, 0) is 4.79 Å². The molecule has 1 aromatic heterocycles. The highest BCUT2D eigenvalue weighted by atomic mass is 16.5. The van der Waals surface area contributed by atoms with E-state index in [1.54, 1.807) is 42.7 Å². The molecular weight excluding hydrogens is 272 g/mol. The Balaban J connectivity index is 1.82. The van der Waals surface area contributed by atoms with Crippen molar-refractivity contribution >= 4 is 11.8 Å². The number of carbonyl (C=O) groups is 2. The molecule has 0 saturated heterocycles. The summed E-state index contributed by atoms with van der Waals surface area (Å²) in [6, 6.07) is 9.58. The molecule has 0 unspecified atom stereocenters. The summed E-state index contributed by atoms with van der Waals surface area (Å²) in [5, 5.41) is 2.75. The Morgan fingerprint density at radius 1 is 1.29 bits per heavy atom. The fourth-order valence-corrected chi connectivity index (χ4v) is 1.76. The van der Waals surface area contributed by atoms with Crippen molar-refractivity contribution in [3.05, 3.63) is 54.0 Å². The third-order valence-corrected chi connectivity index (χ3v) is 2.86. The number of ether oxygens (including phenoxy) is 1. The molecule has 3 N–H and O–H groups in total. The Bertz CT molecular complexity index is 605. The summed E-state index contributed by atoms with van der Waals surface area (Å²) in [6.07, 6.45) is 1.55. The van der Waals surface area contributed by atoms with E-state index in [1.165, 1.54) is 0 Å². The Morgan fingerprint density at radius 2 is 2.00 bits per heavy atom. The Labute approximate surface area is 121 Å². The Kier molecular flexibility index (Phi) is 4.61. The zero-order valence-electron chi connectivity index (χ0n) is 11.5. The van der Waals surface area contributed by atoms with Crippen LogP contribution in [0.25, 0.3) is 0 Å². The van der Waals surface area contributed by atoms with Crippen LogP contribution in [0.3, 0.4) is 0 Å². The van der Waals surface area contributed by atoms with E-state index in [1.807, 2.05) is 6.92 Å². The molecular formula is C15H16N2O4. The molecule has 21 heavy (non-hydrogen) atoms. The van der Waals surface area contributed by atoms with Gasteiger partial charge in [0.15, 0.2) is 6.61 Å². The van der Waals surface area contributed by atoms with Crippen LogP contribution in [0.15, 0.2) is 47.1 Å². The fraction of sp³-hybridized carbons (Fsp3) is 0.200. The van der Waals surface area contributed by atoms with Crippen molar-refractivity contribution in [2.24, 2.45) is 5.73 Å². The number of hydrogen-bond donors (Lipinski definition) is 2. The summed E-state index contributed by atoms with van der Waals surface area (Å²) >= 11 is 0. The standard InChI is InChI=1S/C15H16N2O4/c1-10(13-3-2-8-20-13)17-14(18)9-21-12-6-4-11(5-7-12)15(16)19/h2-8,10H,9H2,1H3,(H2,16,19)(H,17,18)/t10-/m1/s1. The molecule has 6 nitrogen and oxygen atoms in total. The lowest BCUT2D eigenvalue weighted by Gasteiger charge is -2.12. The van der Waals surface area contributed by atoms with Gasteiger partial charge in [0.1, 0.15) is 11.5 Å². The fourth-order valence-electron chi connectivity index (χ4n) is 1.76. The van der Waals surface area contributed by atoms with E-state index >= 15 is 0 Å². The van der Waals surface area contributed by atoms with E-state index in [0.717, 1.165) is 0 Å². The minimum atomic E-state index is -0.508. The van der Waals surface area contributed by atoms with Gasteiger partial charge >= 0.3 is 0 Å². The van der Waals surface area contributed by atoms with Gasteiger partial charge < -0.3 is 20.2 Å². The molecule has 0 aliphatic carbocycles. The first kappa shape index (κ1) is 14.6. The molecule has 0 aliphatic heterocycles. The minimum Gasteiger partial charge on any atom is -0.484 e. The van der Waals surface area contributed by atoms with Gasteiger partial charge in [-0.3, -0.25) is 9.59 Å². The van der Waals surface area contributed by atoms with Crippen molar-refractivity contribution in [1.29, 1.82) is 0 Å². The van der Waals surface area contributed by atoms with Crippen LogP contribution in [0.4, 0.5) is 0 Å². The lowest BCUT2D eigenvalue weighted by atomic mass is 10.2. The second kappa shape index (κ2) is 6.60. The summed E-state index contributed by atoms with van der Waals surface area (Å²) < 4.78 is 10.5. The first-order chi connectivity index (χ1) is 10.1. The SMILES string of the molecule is C[C@@H](NC(=O)COc1ccc(C(N)=O)cc1)c1ccco1. The first-order valence-electron chi connectivity index (χ1n) is 6.41. The molecule has 1 atom stereocenters. The minimum absolute atomic E-state index is 0.124. The lowest BCUT2D eigenvalue weighted by Crippen LogP contribution is -2.31. The molecule has 6 heteroatoms. The van der Waals surface area contributed by atoms with Gasteiger partial charge in [-0.1, -0.05) is 0 Å². The maximum atomic E-state index is 11.7. The van der Waals surface area contributed by atoms with Crippen molar-refractivity contribution in [3.63, 3.8) is 0 Å². The molecule has 0 bridgehead atoms. The molecule has 0 spiro atoms. The van der Waals surface area contributed by atoms with Crippen LogP contribution in [0.5, 0.6) is 5.75 Å². The van der Waals surface area contributed by atoms with Crippen LogP contribution in [0, 0.1) is 0 Å². The van der Waals surface area contributed by atoms with Crippen molar-refractivity contribution < 1.29 is 18.7 Å². The summed E-state index contributed by atoms with van der Waals surface area (Å²) in [4.78, 5) is 22.7. The highest BCUT2D eigenvalue weighted by Gasteiger charge is 2.12. The van der Waals surface area contributed by atoms with E-state index in [2.05, 4.69) is 5.32 Å². The molecule has 0 fully saturated rings. The number of primary amides is 1. The number of hydrogen-bond acceptors (Lipinski definition) is 4. The normalized spacial score (nSPS) is 11.7. The number of furan rings is 1. The second-order valence-electron chi connectivity index (χ2n) is 4.48. The van der Waals surface area contributed by atoms with Crippen molar-refractivity contribution in [2.45, 2.75) is 13.0 Å². The third kappa shape index (κ3) is 4.10. The molecule has 2 amide bonds. The predicted molar refractivity (Wildman–Crippen MR) is 75.7 cm³/mol. The van der Waals surface area contributed by atoms with Gasteiger partial charge in [-0.05, 0) is 43.3 Å². The molecule has 1 heterocycles. The molecule has 110 valence electrons. The zero-order valence-corrected chi connectivity index (χ0v) is 11.5. The summed E-state index contributed by atoms with van der Waals surface area (Å²) in [6.45, 7) is 1.69. The van der Waals surface area contributed by atoms with E-state index in [0.29, 0.717) is 17.1 Å². The average molecular weight is 288 g/mol. The van der Waals surface area contributed by atoms with E-state index in [4.69, 9.17) is 14.9 Å². The van der Waals surface area contributed by atoms with Gasteiger partial charge in [0, 0.05) is 5.56 Å². The predicted octanol–water partition coefficient (Wildman–Crippen LogP) is 1.63. The quantitative estimate of drug-likeness (QED) is 0.844. The van der Waals surface area contributed by atoms with E-state index in [9.17, 15) is 9.59 Å². The van der Waals surface area contributed by atoms with E-state index in [-0.39, 0.29) is 18.6 Å². The van der Waals surface area contributed by atoms with Gasteiger partial charge in [0.05, 0.1) is 12.3 Å². The smallest absolute Gasteiger partial charge is 0.258 e. The van der Waals surface area contributed by atoms with Crippen molar-refractivity contribution in [1.82, 2.24) is 5.32 Å². The third-order valence-electron chi connectivity index (χ3n) is 2.86. The molecule has 2 aromatic rings. The number of carbonyl (C=O) groups excluding carboxylic acids is 2. The summed E-state index contributed by atoms with van der Waals surface area (Å²) in [5.41, 5.74) is 5.52.